The lowest BCUT2D eigenvalue weighted by molar-refractivity contribution is -0.148. The monoisotopic (exact) mass is 303 g/mol. The Bertz CT molecular complexity index is 487. The van der Waals surface area contributed by atoms with Gasteiger partial charge in [-0.25, -0.2) is 0 Å². The van der Waals surface area contributed by atoms with Crippen LogP contribution in [0.25, 0.3) is 0 Å². The minimum Gasteiger partial charge on any atom is -0.368 e. The predicted molar refractivity (Wildman–Crippen MR) is 81.1 cm³/mol. The van der Waals surface area contributed by atoms with Crippen LogP contribution in [0.4, 0.5) is 0 Å². The average Bonchev–Trinajstić information content (AvgIpc) is 2.44. The first kappa shape index (κ1) is 15.3. The number of nitrogens with zero attached hydrogens (tertiary/aromatic N) is 1. The lowest BCUT2D eigenvalue weighted by Gasteiger charge is -2.55. The number of nitriles is 1. The Hall–Kier alpha value is -1.57. The third-order valence-electron chi connectivity index (χ3n) is 5.98. The number of rotatable bonds is 5. The lowest BCUT2D eigenvalue weighted by Crippen LogP contribution is -2.57. The maximum atomic E-state index is 12.9. The summed E-state index contributed by atoms with van der Waals surface area (Å²) < 4.78 is 0. The van der Waals surface area contributed by atoms with E-state index in [4.69, 9.17) is 11.0 Å². The molecule has 0 aliphatic heterocycles. The molecule has 0 saturated heterocycles. The van der Waals surface area contributed by atoms with Gasteiger partial charge in [-0.3, -0.25) is 9.59 Å². The summed E-state index contributed by atoms with van der Waals surface area (Å²) in [5, 5.41) is 11.8. The van der Waals surface area contributed by atoms with E-state index in [0.29, 0.717) is 24.2 Å². The highest BCUT2D eigenvalue weighted by molar-refractivity contribution is 5.89. The number of nitrogens with one attached hydrogen (secondary N) is 1. The van der Waals surface area contributed by atoms with Crippen molar-refractivity contribution in [2.75, 3.05) is 0 Å². The normalized spacial score (nSPS) is 38.1. The van der Waals surface area contributed by atoms with E-state index in [1.165, 1.54) is 19.3 Å². The molecule has 4 saturated carbocycles. The van der Waals surface area contributed by atoms with Crippen molar-refractivity contribution in [1.82, 2.24) is 5.32 Å². The molecule has 5 heteroatoms. The van der Waals surface area contributed by atoms with Crippen molar-refractivity contribution in [3.63, 3.8) is 0 Å². The van der Waals surface area contributed by atoms with E-state index >= 15 is 0 Å². The van der Waals surface area contributed by atoms with Crippen molar-refractivity contribution in [2.24, 2.45) is 34.8 Å². The number of hydrogen-bond donors (Lipinski definition) is 2. The van der Waals surface area contributed by atoms with E-state index < -0.39 is 11.9 Å². The third-order valence-corrected chi connectivity index (χ3v) is 5.98. The fourth-order valence-electron chi connectivity index (χ4n) is 5.35. The Morgan fingerprint density at radius 1 is 1.23 bits per heavy atom. The first-order valence-electron chi connectivity index (χ1n) is 8.42. The number of hydrogen-bond acceptors (Lipinski definition) is 3. The highest BCUT2D eigenvalue weighted by Gasteiger charge is 2.54. The first-order chi connectivity index (χ1) is 10.4. The van der Waals surface area contributed by atoms with Crippen LogP contribution in [0.15, 0.2) is 0 Å². The molecule has 0 aromatic heterocycles. The van der Waals surface area contributed by atoms with Gasteiger partial charge in [-0.2, -0.15) is 5.26 Å². The van der Waals surface area contributed by atoms with Crippen LogP contribution in [-0.2, 0) is 9.59 Å². The van der Waals surface area contributed by atoms with Crippen molar-refractivity contribution in [2.45, 2.75) is 57.9 Å². The summed E-state index contributed by atoms with van der Waals surface area (Å²) in [4.78, 5) is 24.5. The van der Waals surface area contributed by atoms with E-state index in [1.54, 1.807) is 6.92 Å². The minimum absolute atomic E-state index is 0.000500. The van der Waals surface area contributed by atoms with Gasteiger partial charge in [-0.1, -0.05) is 0 Å². The summed E-state index contributed by atoms with van der Waals surface area (Å²) in [7, 11) is 0. The van der Waals surface area contributed by atoms with Crippen LogP contribution >= 0.6 is 0 Å². The fraction of sp³-hybridized carbons (Fsp3) is 0.824. The van der Waals surface area contributed by atoms with Crippen LogP contribution in [-0.4, -0.2) is 17.9 Å². The maximum absolute atomic E-state index is 12.9. The van der Waals surface area contributed by atoms with Gasteiger partial charge in [0, 0.05) is 11.3 Å². The molecule has 4 aliphatic carbocycles. The van der Waals surface area contributed by atoms with E-state index in [2.05, 4.69) is 11.4 Å². The van der Waals surface area contributed by atoms with E-state index in [9.17, 15) is 9.59 Å². The number of nitrogens with two attached hydrogens (primary N) is 1. The van der Waals surface area contributed by atoms with Crippen LogP contribution in [0.3, 0.4) is 0 Å². The minimum atomic E-state index is -0.727. The van der Waals surface area contributed by atoms with Crippen LogP contribution in [0.1, 0.15) is 51.9 Å². The predicted octanol–water partition coefficient (Wildman–Crippen LogP) is 1.72. The molecular formula is C17H25N3O2. The van der Waals surface area contributed by atoms with Crippen molar-refractivity contribution < 1.29 is 9.59 Å². The molecule has 0 spiro atoms. The summed E-state index contributed by atoms with van der Waals surface area (Å²) in [6.45, 7) is 1.74. The first-order valence-corrected chi connectivity index (χ1v) is 8.42. The summed E-state index contributed by atoms with van der Waals surface area (Å²) in [5.41, 5.74) is 5.14. The molecule has 4 fully saturated rings. The molecule has 0 unspecified atom stereocenters. The Morgan fingerprint density at radius 3 is 2.14 bits per heavy atom. The van der Waals surface area contributed by atoms with E-state index in [-0.39, 0.29) is 17.2 Å². The molecule has 3 N–H and O–H groups in total. The van der Waals surface area contributed by atoms with E-state index in [1.807, 2.05) is 0 Å². The Kier molecular flexibility index (Phi) is 3.88. The van der Waals surface area contributed by atoms with Crippen LogP contribution in [0, 0.1) is 40.4 Å². The molecule has 120 valence electrons. The summed E-state index contributed by atoms with van der Waals surface area (Å²) in [5.74, 6) is 1.21. The van der Waals surface area contributed by atoms with Gasteiger partial charge in [-0.05, 0) is 69.6 Å². The molecule has 0 heterocycles. The number of primary amides is 1. The van der Waals surface area contributed by atoms with Gasteiger partial charge in [0.1, 0.15) is 6.04 Å². The van der Waals surface area contributed by atoms with Gasteiger partial charge < -0.3 is 11.1 Å². The summed E-state index contributed by atoms with van der Waals surface area (Å²) in [6.07, 6.45) is 7.01. The smallest absolute Gasteiger partial charge is 0.240 e. The van der Waals surface area contributed by atoms with Gasteiger partial charge in [0.05, 0.1) is 6.07 Å². The Balaban J connectivity index is 1.70. The molecule has 0 aromatic rings. The highest BCUT2D eigenvalue weighted by Crippen LogP contribution is 2.60. The zero-order chi connectivity index (χ0) is 15.9. The molecule has 4 bridgehead atoms. The quantitative estimate of drug-likeness (QED) is 0.809. The topological polar surface area (TPSA) is 96.0 Å². The highest BCUT2D eigenvalue weighted by atomic mass is 16.2. The van der Waals surface area contributed by atoms with Crippen LogP contribution in [0.2, 0.25) is 0 Å². The van der Waals surface area contributed by atoms with Crippen LogP contribution in [0.5, 0.6) is 0 Å². The molecule has 4 aliphatic rings. The molecule has 2 amide bonds. The molecule has 0 radical (unpaired) electrons. The SMILES string of the molecule is C[C@@H](C#N)C[C@H](NC(=O)C12CC3CC(CC(C3)C1)C2)C(N)=O. The van der Waals surface area contributed by atoms with Crippen LogP contribution < -0.4 is 11.1 Å². The second-order valence-corrected chi connectivity index (χ2v) is 7.89. The second-order valence-electron chi connectivity index (χ2n) is 7.89. The van der Waals surface area contributed by atoms with Gasteiger partial charge in [0.2, 0.25) is 11.8 Å². The zero-order valence-corrected chi connectivity index (χ0v) is 13.2. The van der Waals surface area contributed by atoms with Gasteiger partial charge in [0.15, 0.2) is 0 Å². The summed E-state index contributed by atoms with van der Waals surface area (Å²) in [6, 6.07) is 1.37. The Labute approximate surface area is 131 Å². The number of carbonyl (C=O) groups excluding carboxylic acids is 2. The molecule has 4 rings (SSSR count). The lowest BCUT2D eigenvalue weighted by atomic mass is 9.49. The van der Waals surface area contributed by atoms with Gasteiger partial charge in [0.25, 0.3) is 0 Å². The van der Waals surface area contributed by atoms with Crippen molar-refractivity contribution >= 4 is 11.8 Å². The third kappa shape index (κ3) is 2.71. The average molecular weight is 303 g/mol. The fourth-order valence-corrected chi connectivity index (χ4v) is 5.35. The molecule has 5 nitrogen and oxygen atoms in total. The van der Waals surface area contributed by atoms with Crippen molar-refractivity contribution in [3.8, 4) is 6.07 Å². The van der Waals surface area contributed by atoms with Crippen molar-refractivity contribution in [1.29, 1.82) is 5.26 Å². The molecule has 0 aromatic carbocycles. The van der Waals surface area contributed by atoms with Gasteiger partial charge >= 0.3 is 0 Å². The van der Waals surface area contributed by atoms with E-state index in [0.717, 1.165) is 19.3 Å². The second kappa shape index (κ2) is 5.57. The maximum Gasteiger partial charge on any atom is 0.240 e. The molecular weight excluding hydrogens is 278 g/mol. The number of amides is 2. The standard InChI is InChI=1S/C17H25N3O2/c1-10(9-18)2-14(15(19)21)20-16(22)17-6-11-3-12(7-17)5-13(4-11)8-17/h10-14H,2-8H2,1H3,(H2,19,21)(H,20,22)/t10-,11?,12?,13?,14+,17?/m1/s1. The van der Waals surface area contributed by atoms with Crippen molar-refractivity contribution in [3.05, 3.63) is 0 Å². The Morgan fingerprint density at radius 2 is 1.73 bits per heavy atom. The largest absolute Gasteiger partial charge is 0.368 e. The van der Waals surface area contributed by atoms with Gasteiger partial charge in [-0.15, -0.1) is 0 Å². The molecule has 2 atom stereocenters. The molecule has 22 heavy (non-hydrogen) atoms. The number of carbonyl (C=O) groups is 2. The summed E-state index contributed by atoms with van der Waals surface area (Å²) >= 11 is 0. The zero-order valence-electron chi connectivity index (χ0n) is 13.2.